The van der Waals surface area contributed by atoms with Crippen LogP contribution in [0.15, 0.2) is 24.4 Å². The minimum absolute atomic E-state index is 0.103. The maximum Gasteiger partial charge on any atom is 0.323 e. The molecule has 1 aromatic carbocycles. The molecule has 2 rings (SSSR count). The summed E-state index contributed by atoms with van der Waals surface area (Å²) in [7, 11) is 0. The number of hydrogen-bond acceptors (Lipinski definition) is 2. The van der Waals surface area contributed by atoms with Crippen LogP contribution in [0.2, 0.25) is 0 Å². The molecule has 15 heavy (non-hydrogen) atoms. The first-order valence-corrected chi connectivity index (χ1v) is 4.53. The molecular weight excluding hydrogens is 194 g/mol. The third-order valence-electron chi connectivity index (χ3n) is 2.25. The normalized spacial score (nSPS) is 10.7. The Hall–Kier alpha value is -1.81. The number of aromatic nitrogens is 1. The van der Waals surface area contributed by atoms with Crippen LogP contribution in [-0.2, 0) is 17.9 Å². The van der Waals surface area contributed by atoms with Gasteiger partial charge in [0.2, 0.25) is 0 Å². The molecule has 0 spiro atoms. The Kier molecular flexibility index (Phi) is 2.43. The van der Waals surface area contributed by atoms with Crippen LogP contribution in [0.4, 0.5) is 0 Å². The number of aliphatic carboxylic acids is 1. The molecule has 0 saturated heterocycles. The molecule has 1 radical (unpaired) electrons. The van der Waals surface area contributed by atoms with Crippen LogP contribution < -0.4 is 0 Å². The third kappa shape index (κ3) is 1.71. The number of carboxylic acid groups (broad SMARTS) is 1. The van der Waals surface area contributed by atoms with Gasteiger partial charge in [0.05, 0.1) is 6.61 Å². The van der Waals surface area contributed by atoms with Crippen LogP contribution in [0.1, 0.15) is 5.56 Å². The molecule has 0 unspecified atom stereocenters. The fraction of sp³-hybridized carbons (Fsp3) is 0.182. The monoisotopic (exact) mass is 204 g/mol. The minimum atomic E-state index is -0.903. The first-order valence-electron chi connectivity index (χ1n) is 4.53. The van der Waals surface area contributed by atoms with E-state index in [4.69, 9.17) is 10.2 Å². The zero-order valence-electron chi connectivity index (χ0n) is 7.97. The third-order valence-corrected chi connectivity index (χ3v) is 2.25. The highest BCUT2D eigenvalue weighted by molar-refractivity contribution is 5.84. The second-order valence-electron chi connectivity index (χ2n) is 3.26. The molecule has 1 heterocycles. The molecule has 0 saturated carbocycles. The summed E-state index contributed by atoms with van der Waals surface area (Å²) < 4.78 is 1.60. The lowest BCUT2D eigenvalue weighted by atomic mass is 10.2. The van der Waals surface area contributed by atoms with Crippen molar-refractivity contribution in [1.82, 2.24) is 4.57 Å². The molecular formula is C11H10NO3. The molecule has 2 aromatic rings. The smallest absolute Gasteiger partial charge is 0.323 e. The molecule has 0 aliphatic rings. The van der Waals surface area contributed by atoms with E-state index in [0.29, 0.717) is 5.56 Å². The lowest BCUT2D eigenvalue weighted by Gasteiger charge is -1.99. The molecule has 2 N–H and O–H groups in total. The molecule has 1 aromatic heterocycles. The topological polar surface area (TPSA) is 62.5 Å². The predicted octanol–water partition coefficient (Wildman–Crippen LogP) is 1.02. The van der Waals surface area contributed by atoms with Crippen molar-refractivity contribution in [3.8, 4) is 0 Å². The van der Waals surface area contributed by atoms with Gasteiger partial charge >= 0.3 is 5.97 Å². The van der Waals surface area contributed by atoms with E-state index >= 15 is 0 Å². The summed E-state index contributed by atoms with van der Waals surface area (Å²) in [6, 6.07) is 8.34. The van der Waals surface area contributed by atoms with Crippen molar-refractivity contribution < 1.29 is 15.0 Å². The van der Waals surface area contributed by atoms with Gasteiger partial charge < -0.3 is 14.8 Å². The number of nitrogens with zero attached hydrogens (tertiary/aromatic N) is 1. The van der Waals surface area contributed by atoms with E-state index in [1.54, 1.807) is 22.9 Å². The van der Waals surface area contributed by atoms with Crippen molar-refractivity contribution in [3.05, 3.63) is 36.0 Å². The Morgan fingerprint density at radius 1 is 1.53 bits per heavy atom. The van der Waals surface area contributed by atoms with Crippen LogP contribution in [0, 0.1) is 6.07 Å². The summed E-state index contributed by atoms with van der Waals surface area (Å²) in [5, 5.41) is 18.6. The van der Waals surface area contributed by atoms with Crippen LogP contribution >= 0.6 is 0 Å². The largest absolute Gasteiger partial charge is 0.480 e. The van der Waals surface area contributed by atoms with Gasteiger partial charge in [0, 0.05) is 22.7 Å². The van der Waals surface area contributed by atoms with Gasteiger partial charge in [-0.25, -0.2) is 0 Å². The quantitative estimate of drug-likeness (QED) is 0.784. The van der Waals surface area contributed by atoms with Gasteiger partial charge in [-0.15, -0.1) is 0 Å². The van der Waals surface area contributed by atoms with Crippen molar-refractivity contribution in [2.75, 3.05) is 0 Å². The summed E-state index contributed by atoms with van der Waals surface area (Å²) >= 11 is 0. The summed E-state index contributed by atoms with van der Waals surface area (Å²) in [5.74, 6) is -0.903. The Balaban J connectivity index is 2.59. The molecule has 0 fully saturated rings. The molecule has 0 aliphatic heterocycles. The first-order chi connectivity index (χ1) is 7.22. The van der Waals surface area contributed by atoms with Gasteiger partial charge in [0.1, 0.15) is 6.54 Å². The molecule has 4 heteroatoms. The van der Waals surface area contributed by atoms with Crippen molar-refractivity contribution in [2.45, 2.75) is 13.2 Å². The van der Waals surface area contributed by atoms with Gasteiger partial charge in [0.25, 0.3) is 0 Å². The number of benzene rings is 1. The average molecular weight is 204 g/mol. The number of hydrogen-bond donors (Lipinski definition) is 2. The van der Waals surface area contributed by atoms with E-state index in [1.165, 1.54) is 0 Å². The SMILES string of the molecule is O=C(O)Cn1cc(CO)c2[c]cccc21. The highest BCUT2D eigenvalue weighted by atomic mass is 16.4. The van der Waals surface area contributed by atoms with Crippen molar-refractivity contribution in [1.29, 1.82) is 0 Å². The first kappa shape index (κ1) is 9.73. The number of fused-ring (bicyclic) bond motifs is 1. The van der Waals surface area contributed by atoms with Gasteiger partial charge in [-0.2, -0.15) is 0 Å². The number of aliphatic hydroxyl groups is 1. The van der Waals surface area contributed by atoms with Crippen molar-refractivity contribution in [2.24, 2.45) is 0 Å². The lowest BCUT2D eigenvalue weighted by molar-refractivity contribution is -0.137. The molecule has 77 valence electrons. The molecule has 0 atom stereocenters. The molecule has 0 amide bonds. The van der Waals surface area contributed by atoms with Crippen molar-refractivity contribution in [3.63, 3.8) is 0 Å². The highest BCUT2D eigenvalue weighted by Crippen LogP contribution is 2.20. The molecule has 0 aliphatic carbocycles. The fourth-order valence-electron chi connectivity index (χ4n) is 1.64. The van der Waals surface area contributed by atoms with Gasteiger partial charge in [-0.3, -0.25) is 4.79 Å². The summed E-state index contributed by atoms with van der Waals surface area (Å²) in [5.41, 5.74) is 1.48. The van der Waals surface area contributed by atoms with Gasteiger partial charge in [-0.05, 0) is 12.1 Å². The van der Waals surface area contributed by atoms with Crippen LogP contribution in [-0.4, -0.2) is 20.7 Å². The number of aliphatic hydroxyl groups excluding tert-OH is 1. The predicted molar refractivity (Wildman–Crippen MR) is 54.3 cm³/mol. The van der Waals surface area contributed by atoms with Crippen LogP contribution in [0.3, 0.4) is 0 Å². The minimum Gasteiger partial charge on any atom is -0.480 e. The maximum atomic E-state index is 10.6. The lowest BCUT2D eigenvalue weighted by Crippen LogP contribution is -2.07. The zero-order valence-corrected chi connectivity index (χ0v) is 7.97. The Morgan fingerprint density at radius 3 is 3.00 bits per heavy atom. The summed E-state index contributed by atoms with van der Waals surface area (Å²) in [4.78, 5) is 10.6. The van der Waals surface area contributed by atoms with Crippen LogP contribution in [0.5, 0.6) is 0 Å². The van der Waals surface area contributed by atoms with E-state index in [2.05, 4.69) is 6.07 Å². The molecule has 0 bridgehead atoms. The van der Waals surface area contributed by atoms with E-state index in [-0.39, 0.29) is 13.2 Å². The Labute approximate surface area is 86.4 Å². The molecule has 4 nitrogen and oxygen atoms in total. The van der Waals surface area contributed by atoms with E-state index in [0.717, 1.165) is 10.9 Å². The van der Waals surface area contributed by atoms with Crippen LogP contribution in [0.25, 0.3) is 10.9 Å². The second-order valence-corrected chi connectivity index (χ2v) is 3.26. The summed E-state index contributed by atoms with van der Waals surface area (Å²) in [6.45, 7) is -0.210. The fourth-order valence-corrected chi connectivity index (χ4v) is 1.64. The van der Waals surface area contributed by atoms with Crippen molar-refractivity contribution >= 4 is 16.9 Å². The van der Waals surface area contributed by atoms with E-state index < -0.39 is 5.97 Å². The van der Waals surface area contributed by atoms with E-state index in [9.17, 15) is 4.79 Å². The van der Waals surface area contributed by atoms with Gasteiger partial charge in [-0.1, -0.05) is 12.1 Å². The second kappa shape index (κ2) is 3.74. The standard InChI is InChI=1S/C11H10NO3/c13-7-8-5-12(6-11(14)15)10-4-2-1-3-9(8)10/h1-2,4-5,13H,6-7H2,(H,14,15). The average Bonchev–Trinajstić information content (AvgIpc) is 2.56. The Morgan fingerprint density at radius 2 is 2.33 bits per heavy atom. The highest BCUT2D eigenvalue weighted by Gasteiger charge is 2.09. The maximum absolute atomic E-state index is 10.6. The zero-order chi connectivity index (χ0) is 10.8. The number of rotatable bonds is 3. The number of carboxylic acids is 1. The van der Waals surface area contributed by atoms with E-state index in [1.807, 2.05) is 6.07 Å². The Bertz CT molecular complexity index is 502. The summed E-state index contributed by atoms with van der Waals surface area (Å²) in [6.07, 6.45) is 1.65. The van der Waals surface area contributed by atoms with Gasteiger partial charge in [0.15, 0.2) is 0 Å². The number of carbonyl (C=O) groups is 1.